The Balaban J connectivity index is 2.03. The maximum absolute atomic E-state index is 11.9. The lowest BCUT2D eigenvalue weighted by Crippen LogP contribution is -2.24. The molecule has 0 aliphatic heterocycles. The van der Waals surface area contributed by atoms with E-state index in [1.807, 2.05) is 24.3 Å². The summed E-state index contributed by atoms with van der Waals surface area (Å²) in [5, 5.41) is 2.77. The second-order valence-electron chi connectivity index (χ2n) is 3.71. The van der Waals surface area contributed by atoms with E-state index in [4.69, 9.17) is 5.84 Å². The molecule has 0 bridgehead atoms. The van der Waals surface area contributed by atoms with Gasteiger partial charge in [0.25, 0.3) is 5.91 Å². The first-order valence-corrected chi connectivity index (χ1v) is 6.30. The SMILES string of the molecule is NNc1cncc(C(=O)NCc2ccccc2Br)n1. The first-order chi connectivity index (χ1) is 9.20. The molecule has 0 aliphatic rings. The molecule has 0 radical (unpaired) electrons. The molecule has 0 saturated heterocycles. The number of rotatable bonds is 4. The molecule has 6 nitrogen and oxygen atoms in total. The molecule has 1 aromatic heterocycles. The van der Waals surface area contributed by atoms with Crippen molar-refractivity contribution < 1.29 is 4.79 Å². The number of nitrogens with two attached hydrogens (primary N) is 1. The van der Waals surface area contributed by atoms with E-state index in [0.717, 1.165) is 10.0 Å². The predicted molar refractivity (Wildman–Crippen MR) is 75.2 cm³/mol. The molecule has 7 heteroatoms. The average Bonchev–Trinajstić information content (AvgIpc) is 2.46. The summed E-state index contributed by atoms with van der Waals surface area (Å²) in [6.45, 7) is 0.405. The number of nitrogen functional groups attached to an aromatic ring is 1. The van der Waals surface area contributed by atoms with Crippen molar-refractivity contribution in [3.63, 3.8) is 0 Å². The fraction of sp³-hybridized carbons (Fsp3) is 0.0833. The van der Waals surface area contributed by atoms with Crippen LogP contribution in [0.2, 0.25) is 0 Å². The largest absolute Gasteiger partial charge is 0.347 e. The molecule has 1 heterocycles. The number of carbonyl (C=O) groups excluding carboxylic acids is 1. The number of hydrogen-bond acceptors (Lipinski definition) is 5. The predicted octanol–water partition coefficient (Wildman–Crippen LogP) is 1.45. The van der Waals surface area contributed by atoms with Gasteiger partial charge in [0.15, 0.2) is 5.82 Å². The van der Waals surface area contributed by atoms with Gasteiger partial charge in [-0.25, -0.2) is 10.8 Å². The molecule has 0 fully saturated rings. The molecule has 4 N–H and O–H groups in total. The van der Waals surface area contributed by atoms with E-state index in [2.05, 4.69) is 36.6 Å². The molecule has 0 atom stereocenters. The van der Waals surface area contributed by atoms with Crippen molar-refractivity contribution in [2.75, 3.05) is 5.43 Å². The van der Waals surface area contributed by atoms with Gasteiger partial charge >= 0.3 is 0 Å². The lowest BCUT2D eigenvalue weighted by atomic mass is 10.2. The van der Waals surface area contributed by atoms with Gasteiger partial charge in [0.05, 0.1) is 12.4 Å². The highest BCUT2D eigenvalue weighted by molar-refractivity contribution is 9.10. The number of nitrogens with one attached hydrogen (secondary N) is 2. The van der Waals surface area contributed by atoms with E-state index in [1.54, 1.807) is 0 Å². The summed E-state index contributed by atoms with van der Waals surface area (Å²) in [6, 6.07) is 7.66. The number of benzene rings is 1. The minimum absolute atomic E-state index is 0.211. The number of carbonyl (C=O) groups is 1. The third-order valence-corrected chi connectivity index (χ3v) is 3.19. The molecule has 1 amide bonds. The Bertz CT molecular complexity index is 590. The molecule has 0 saturated carbocycles. The zero-order valence-corrected chi connectivity index (χ0v) is 11.5. The van der Waals surface area contributed by atoms with Crippen LogP contribution in [-0.4, -0.2) is 15.9 Å². The minimum atomic E-state index is -0.305. The van der Waals surface area contributed by atoms with Crippen molar-refractivity contribution in [2.24, 2.45) is 5.84 Å². The van der Waals surface area contributed by atoms with Gasteiger partial charge in [-0.1, -0.05) is 34.1 Å². The van der Waals surface area contributed by atoms with Crippen molar-refractivity contribution >= 4 is 27.7 Å². The highest BCUT2D eigenvalue weighted by atomic mass is 79.9. The zero-order chi connectivity index (χ0) is 13.7. The number of amides is 1. The topological polar surface area (TPSA) is 92.9 Å². The summed E-state index contributed by atoms with van der Waals surface area (Å²) in [7, 11) is 0. The van der Waals surface area contributed by atoms with Crippen molar-refractivity contribution in [3.8, 4) is 0 Å². The van der Waals surface area contributed by atoms with E-state index < -0.39 is 0 Å². The molecule has 0 aliphatic carbocycles. The van der Waals surface area contributed by atoms with E-state index in [0.29, 0.717) is 12.4 Å². The Morgan fingerprint density at radius 2 is 2.11 bits per heavy atom. The molecule has 98 valence electrons. The second-order valence-corrected chi connectivity index (χ2v) is 4.56. The molecular weight excluding hydrogens is 310 g/mol. The van der Waals surface area contributed by atoms with Crippen molar-refractivity contribution in [2.45, 2.75) is 6.54 Å². The van der Waals surface area contributed by atoms with Gasteiger partial charge in [-0.15, -0.1) is 0 Å². The Morgan fingerprint density at radius 3 is 2.84 bits per heavy atom. The third-order valence-electron chi connectivity index (χ3n) is 2.41. The van der Waals surface area contributed by atoms with Gasteiger partial charge in [0.1, 0.15) is 5.69 Å². The first-order valence-electron chi connectivity index (χ1n) is 5.51. The minimum Gasteiger partial charge on any atom is -0.347 e. The second kappa shape index (κ2) is 6.26. The number of halogens is 1. The maximum Gasteiger partial charge on any atom is 0.271 e. The van der Waals surface area contributed by atoms with Crippen LogP contribution in [0.4, 0.5) is 5.82 Å². The molecular formula is C12H12BrN5O. The smallest absolute Gasteiger partial charge is 0.271 e. The van der Waals surface area contributed by atoms with Crippen molar-refractivity contribution in [1.29, 1.82) is 0 Å². The van der Waals surface area contributed by atoms with E-state index in [9.17, 15) is 4.79 Å². The van der Waals surface area contributed by atoms with E-state index in [1.165, 1.54) is 12.4 Å². The zero-order valence-electron chi connectivity index (χ0n) is 9.93. The standard InChI is InChI=1S/C12H12BrN5O/c13-9-4-2-1-3-8(9)5-16-12(19)10-6-15-7-11(17-10)18-14/h1-4,6-7H,5,14H2,(H,16,19)(H,17,18). The van der Waals surface area contributed by atoms with Crippen molar-refractivity contribution in [1.82, 2.24) is 15.3 Å². The fourth-order valence-electron chi connectivity index (χ4n) is 1.45. The van der Waals surface area contributed by atoms with Crippen molar-refractivity contribution in [3.05, 3.63) is 52.4 Å². The van der Waals surface area contributed by atoms with Crippen LogP contribution >= 0.6 is 15.9 Å². The van der Waals surface area contributed by atoms with Crippen LogP contribution < -0.4 is 16.6 Å². The highest BCUT2D eigenvalue weighted by Crippen LogP contribution is 2.15. The van der Waals surface area contributed by atoms with Gasteiger partial charge in [-0.05, 0) is 11.6 Å². The van der Waals surface area contributed by atoms with Crippen LogP contribution in [0.5, 0.6) is 0 Å². The summed E-state index contributed by atoms with van der Waals surface area (Å²) in [6.07, 6.45) is 2.82. The number of anilines is 1. The van der Waals surface area contributed by atoms with Gasteiger partial charge in [0.2, 0.25) is 0 Å². The maximum atomic E-state index is 11.9. The van der Waals surface area contributed by atoms with Crippen LogP contribution in [0.15, 0.2) is 41.1 Å². The summed E-state index contributed by atoms with van der Waals surface area (Å²) < 4.78 is 0.943. The molecule has 1 aromatic carbocycles. The molecule has 2 aromatic rings. The number of aromatic nitrogens is 2. The number of hydrazine groups is 1. The Kier molecular flexibility index (Phi) is 4.43. The quantitative estimate of drug-likeness (QED) is 0.585. The Hall–Kier alpha value is -1.99. The molecule has 19 heavy (non-hydrogen) atoms. The van der Waals surface area contributed by atoms with Crippen LogP contribution in [0.3, 0.4) is 0 Å². The van der Waals surface area contributed by atoms with E-state index in [-0.39, 0.29) is 11.6 Å². The summed E-state index contributed by atoms with van der Waals surface area (Å²) in [5.74, 6) is 5.25. The van der Waals surface area contributed by atoms with Crippen LogP contribution in [0, 0.1) is 0 Å². The van der Waals surface area contributed by atoms with Gasteiger partial charge in [-0.2, -0.15) is 0 Å². The third kappa shape index (κ3) is 3.49. The Labute approximate surface area is 118 Å². The summed E-state index contributed by atoms with van der Waals surface area (Å²) >= 11 is 3.42. The first kappa shape index (κ1) is 13.4. The van der Waals surface area contributed by atoms with Crippen LogP contribution in [0.1, 0.15) is 16.1 Å². The van der Waals surface area contributed by atoms with Gasteiger partial charge < -0.3 is 10.7 Å². The number of hydrogen-bond donors (Lipinski definition) is 3. The monoisotopic (exact) mass is 321 g/mol. The van der Waals surface area contributed by atoms with Crippen LogP contribution in [0.25, 0.3) is 0 Å². The average molecular weight is 322 g/mol. The van der Waals surface area contributed by atoms with Gasteiger partial charge in [-0.3, -0.25) is 9.78 Å². The lowest BCUT2D eigenvalue weighted by Gasteiger charge is -2.07. The van der Waals surface area contributed by atoms with Gasteiger partial charge in [0, 0.05) is 11.0 Å². The van der Waals surface area contributed by atoms with E-state index >= 15 is 0 Å². The summed E-state index contributed by atoms with van der Waals surface area (Å²) in [5.41, 5.74) is 3.54. The summed E-state index contributed by atoms with van der Waals surface area (Å²) in [4.78, 5) is 19.8. The molecule has 0 spiro atoms. The Morgan fingerprint density at radius 1 is 1.32 bits per heavy atom. The normalized spacial score (nSPS) is 10.0. The highest BCUT2D eigenvalue weighted by Gasteiger charge is 2.09. The number of nitrogens with zero attached hydrogens (tertiary/aromatic N) is 2. The fourth-order valence-corrected chi connectivity index (χ4v) is 1.88. The molecule has 2 rings (SSSR count). The molecule has 0 unspecified atom stereocenters. The lowest BCUT2D eigenvalue weighted by molar-refractivity contribution is 0.0945. The van der Waals surface area contributed by atoms with Crippen LogP contribution in [-0.2, 0) is 6.54 Å².